The van der Waals surface area contributed by atoms with E-state index in [-0.39, 0.29) is 5.56 Å². The third-order valence-corrected chi connectivity index (χ3v) is 3.44. The van der Waals surface area contributed by atoms with Gasteiger partial charge in [-0.05, 0) is 42.3 Å². The first-order valence-electron chi connectivity index (χ1n) is 7.12. The first-order chi connectivity index (χ1) is 11.0. The monoisotopic (exact) mass is 316 g/mol. The Balaban J connectivity index is 1.61. The number of hydrogen-bond donors (Lipinski definition) is 1. The lowest BCUT2D eigenvalue weighted by atomic mass is 10.1. The summed E-state index contributed by atoms with van der Waals surface area (Å²) >= 11 is 0. The molecule has 1 N–H and O–H groups in total. The van der Waals surface area contributed by atoms with Crippen LogP contribution in [-0.2, 0) is 6.42 Å². The molecule has 0 atom stereocenters. The van der Waals surface area contributed by atoms with Gasteiger partial charge in [-0.2, -0.15) is 0 Å². The molecule has 0 aliphatic rings. The molecule has 3 rings (SSSR count). The van der Waals surface area contributed by atoms with Crippen LogP contribution in [0.5, 0.6) is 0 Å². The largest absolute Gasteiger partial charge is 0.441 e. The second-order valence-electron chi connectivity index (χ2n) is 5.17. The molecule has 2 aromatic carbocycles. The number of carbonyl (C=O) groups excluding carboxylic acids is 1. The fourth-order valence-electron chi connectivity index (χ4n) is 2.30. The van der Waals surface area contributed by atoms with E-state index < -0.39 is 17.5 Å². The summed E-state index contributed by atoms with van der Waals surface area (Å²) in [6.45, 7) is 2.15. The number of nitrogens with one attached hydrogen (secondary N) is 1. The van der Waals surface area contributed by atoms with Crippen molar-refractivity contribution in [1.29, 1.82) is 0 Å². The smallest absolute Gasteiger partial charge is 0.251 e. The topological polar surface area (TPSA) is 55.1 Å². The maximum absolute atomic E-state index is 13.1. The maximum atomic E-state index is 13.1. The van der Waals surface area contributed by atoms with Gasteiger partial charge in [0.1, 0.15) is 5.52 Å². The van der Waals surface area contributed by atoms with Crippen LogP contribution in [0, 0.1) is 18.6 Å². The molecule has 0 spiro atoms. The van der Waals surface area contributed by atoms with Gasteiger partial charge in [-0.25, -0.2) is 13.8 Å². The van der Waals surface area contributed by atoms with E-state index in [0.717, 1.165) is 28.8 Å². The highest BCUT2D eigenvalue weighted by molar-refractivity contribution is 5.94. The van der Waals surface area contributed by atoms with Crippen molar-refractivity contribution in [3.63, 3.8) is 0 Å². The quantitative estimate of drug-likeness (QED) is 0.803. The normalized spacial score (nSPS) is 10.9. The SMILES string of the molecule is Cc1nc2cc(CCNC(=O)c3ccc(F)c(F)c3)ccc2o1. The van der Waals surface area contributed by atoms with E-state index in [2.05, 4.69) is 10.3 Å². The first kappa shape index (κ1) is 15.1. The summed E-state index contributed by atoms with van der Waals surface area (Å²) in [4.78, 5) is 16.1. The van der Waals surface area contributed by atoms with Crippen LogP contribution in [0.2, 0.25) is 0 Å². The molecule has 6 heteroatoms. The van der Waals surface area contributed by atoms with Gasteiger partial charge in [-0.15, -0.1) is 0 Å². The first-order valence-corrected chi connectivity index (χ1v) is 7.12. The van der Waals surface area contributed by atoms with Crippen LogP contribution >= 0.6 is 0 Å². The Morgan fingerprint density at radius 2 is 2.00 bits per heavy atom. The van der Waals surface area contributed by atoms with Gasteiger partial charge in [-0.3, -0.25) is 4.79 Å². The number of nitrogens with zero attached hydrogens (tertiary/aromatic N) is 1. The summed E-state index contributed by atoms with van der Waals surface area (Å²) in [5, 5.41) is 2.68. The number of benzene rings is 2. The van der Waals surface area contributed by atoms with Crippen molar-refractivity contribution in [2.24, 2.45) is 0 Å². The number of aromatic nitrogens is 1. The maximum Gasteiger partial charge on any atom is 0.251 e. The van der Waals surface area contributed by atoms with Gasteiger partial charge < -0.3 is 9.73 Å². The van der Waals surface area contributed by atoms with E-state index >= 15 is 0 Å². The highest BCUT2D eigenvalue weighted by Gasteiger charge is 2.09. The average Bonchev–Trinajstić information content (AvgIpc) is 2.89. The number of hydrogen-bond acceptors (Lipinski definition) is 3. The van der Waals surface area contributed by atoms with Crippen LogP contribution in [0.25, 0.3) is 11.1 Å². The molecule has 0 unspecified atom stereocenters. The average molecular weight is 316 g/mol. The minimum Gasteiger partial charge on any atom is -0.441 e. The van der Waals surface area contributed by atoms with Crippen LogP contribution in [0.3, 0.4) is 0 Å². The van der Waals surface area contributed by atoms with E-state index in [0.29, 0.717) is 18.9 Å². The number of rotatable bonds is 4. The summed E-state index contributed by atoms with van der Waals surface area (Å²) in [6.07, 6.45) is 0.595. The summed E-state index contributed by atoms with van der Waals surface area (Å²) < 4.78 is 31.3. The molecule has 3 aromatic rings. The molecule has 0 saturated carbocycles. The molecule has 1 aromatic heterocycles. The van der Waals surface area contributed by atoms with Gasteiger partial charge in [0.05, 0.1) is 0 Å². The summed E-state index contributed by atoms with van der Waals surface area (Å²) in [7, 11) is 0. The minimum atomic E-state index is -1.04. The Hall–Kier alpha value is -2.76. The van der Waals surface area contributed by atoms with Crippen LogP contribution in [0.15, 0.2) is 40.8 Å². The van der Waals surface area contributed by atoms with Crippen LogP contribution < -0.4 is 5.32 Å². The molecule has 23 heavy (non-hydrogen) atoms. The van der Waals surface area contributed by atoms with E-state index in [4.69, 9.17) is 4.42 Å². The van der Waals surface area contributed by atoms with Gasteiger partial charge >= 0.3 is 0 Å². The van der Waals surface area contributed by atoms with Crippen molar-refractivity contribution in [3.8, 4) is 0 Å². The highest BCUT2D eigenvalue weighted by Crippen LogP contribution is 2.17. The lowest BCUT2D eigenvalue weighted by Gasteiger charge is -2.06. The van der Waals surface area contributed by atoms with Crippen LogP contribution in [0.1, 0.15) is 21.8 Å². The molecule has 1 amide bonds. The third-order valence-electron chi connectivity index (χ3n) is 3.44. The third kappa shape index (κ3) is 3.36. The molecule has 0 saturated heterocycles. The Morgan fingerprint density at radius 1 is 1.17 bits per heavy atom. The number of carbonyl (C=O) groups is 1. The molecular formula is C17H14F2N2O2. The zero-order valence-corrected chi connectivity index (χ0v) is 12.4. The fraction of sp³-hybridized carbons (Fsp3) is 0.176. The second-order valence-corrected chi connectivity index (χ2v) is 5.17. The molecule has 0 bridgehead atoms. The lowest BCUT2D eigenvalue weighted by molar-refractivity contribution is 0.0953. The number of amides is 1. The van der Waals surface area contributed by atoms with Crippen molar-refractivity contribution in [1.82, 2.24) is 10.3 Å². The Kier molecular flexibility index (Phi) is 4.06. The van der Waals surface area contributed by atoms with Crippen molar-refractivity contribution >= 4 is 17.0 Å². The molecule has 0 aliphatic heterocycles. The molecular weight excluding hydrogens is 302 g/mol. The van der Waals surface area contributed by atoms with Gasteiger partial charge in [0.2, 0.25) is 0 Å². The molecule has 0 aliphatic carbocycles. The summed E-state index contributed by atoms with van der Waals surface area (Å²) in [6, 6.07) is 8.70. The highest BCUT2D eigenvalue weighted by atomic mass is 19.2. The summed E-state index contributed by atoms with van der Waals surface area (Å²) in [5.74, 6) is -1.85. The standard InChI is InChI=1S/C17H14F2N2O2/c1-10-21-15-8-11(2-5-16(15)23-10)6-7-20-17(22)12-3-4-13(18)14(19)9-12/h2-5,8-9H,6-7H2,1H3,(H,20,22). The van der Waals surface area contributed by atoms with Crippen molar-refractivity contribution in [3.05, 3.63) is 65.1 Å². The molecule has 0 fully saturated rings. The zero-order chi connectivity index (χ0) is 16.4. The van der Waals surface area contributed by atoms with E-state index in [1.807, 2.05) is 18.2 Å². The molecule has 1 heterocycles. The van der Waals surface area contributed by atoms with Crippen LogP contribution in [-0.4, -0.2) is 17.4 Å². The van der Waals surface area contributed by atoms with E-state index in [9.17, 15) is 13.6 Å². The Bertz CT molecular complexity index is 874. The van der Waals surface area contributed by atoms with Crippen LogP contribution in [0.4, 0.5) is 8.78 Å². The zero-order valence-electron chi connectivity index (χ0n) is 12.4. The number of fused-ring (bicyclic) bond motifs is 1. The fourth-order valence-corrected chi connectivity index (χ4v) is 2.30. The second kappa shape index (κ2) is 6.16. The molecule has 118 valence electrons. The number of aryl methyl sites for hydroxylation is 1. The van der Waals surface area contributed by atoms with Gasteiger partial charge in [0.15, 0.2) is 23.1 Å². The van der Waals surface area contributed by atoms with Crippen molar-refractivity contribution in [2.45, 2.75) is 13.3 Å². The minimum absolute atomic E-state index is 0.0893. The van der Waals surface area contributed by atoms with Crippen molar-refractivity contribution in [2.75, 3.05) is 6.54 Å². The van der Waals surface area contributed by atoms with Gasteiger partial charge in [0, 0.05) is 19.0 Å². The Labute approximate surface area is 131 Å². The molecule has 4 nitrogen and oxygen atoms in total. The molecule has 0 radical (unpaired) electrons. The summed E-state index contributed by atoms with van der Waals surface area (Å²) in [5.41, 5.74) is 2.58. The predicted octanol–water partition coefficient (Wildman–Crippen LogP) is 3.39. The van der Waals surface area contributed by atoms with Gasteiger partial charge in [-0.1, -0.05) is 6.07 Å². The van der Waals surface area contributed by atoms with Crippen molar-refractivity contribution < 1.29 is 18.0 Å². The van der Waals surface area contributed by atoms with Gasteiger partial charge in [0.25, 0.3) is 5.91 Å². The Morgan fingerprint density at radius 3 is 2.78 bits per heavy atom. The number of oxazole rings is 1. The number of halogens is 2. The van der Waals surface area contributed by atoms with E-state index in [1.54, 1.807) is 6.92 Å². The lowest BCUT2D eigenvalue weighted by Crippen LogP contribution is -2.25. The predicted molar refractivity (Wildman–Crippen MR) is 81.1 cm³/mol. The van der Waals surface area contributed by atoms with E-state index in [1.165, 1.54) is 6.07 Å².